The number of benzene rings is 2. The minimum atomic E-state index is -0.00897. The Hall–Kier alpha value is -2.49. The molecule has 2 aromatic rings. The number of carbonyl (C=O) groups excluding carboxylic acids is 1. The van der Waals surface area contributed by atoms with Crippen LogP contribution in [0.4, 0.5) is 0 Å². The molecule has 0 aliphatic heterocycles. The van der Waals surface area contributed by atoms with Gasteiger partial charge >= 0.3 is 0 Å². The van der Waals surface area contributed by atoms with Crippen LogP contribution in [0.5, 0.6) is 11.5 Å². The largest absolute Gasteiger partial charge is 0.496 e. The lowest BCUT2D eigenvalue weighted by molar-refractivity contribution is -0.120. The Kier molecular flexibility index (Phi) is 6.87. The molecule has 0 bridgehead atoms. The van der Waals surface area contributed by atoms with Crippen LogP contribution in [-0.2, 0) is 11.2 Å². The highest BCUT2D eigenvalue weighted by Gasteiger charge is 2.08. The van der Waals surface area contributed by atoms with Crippen molar-refractivity contribution in [1.82, 2.24) is 5.32 Å². The highest BCUT2D eigenvalue weighted by Crippen LogP contribution is 2.25. The van der Waals surface area contributed by atoms with Crippen LogP contribution in [0.15, 0.2) is 42.5 Å². The third-order valence-electron chi connectivity index (χ3n) is 4.05. The van der Waals surface area contributed by atoms with Gasteiger partial charge in [0.25, 0.3) is 0 Å². The van der Waals surface area contributed by atoms with Crippen molar-refractivity contribution in [2.24, 2.45) is 0 Å². The van der Waals surface area contributed by atoms with Crippen molar-refractivity contribution in [3.8, 4) is 11.5 Å². The molecule has 1 N–H and O–H groups in total. The molecule has 134 valence electrons. The summed E-state index contributed by atoms with van der Waals surface area (Å²) in [6.45, 7) is 7.19. The van der Waals surface area contributed by atoms with Gasteiger partial charge in [-0.05, 0) is 41.7 Å². The van der Waals surface area contributed by atoms with Gasteiger partial charge in [0.15, 0.2) is 0 Å². The van der Waals surface area contributed by atoms with Gasteiger partial charge in [-0.3, -0.25) is 4.79 Å². The van der Waals surface area contributed by atoms with E-state index in [1.807, 2.05) is 43.3 Å². The Labute approximate surface area is 150 Å². The first-order valence-corrected chi connectivity index (χ1v) is 8.63. The molecule has 0 radical (unpaired) electrons. The lowest BCUT2D eigenvalue weighted by atomic mass is 10.0. The number of carbonyl (C=O) groups is 1. The normalized spacial score (nSPS) is 10.6. The van der Waals surface area contributed by atoms with Crippen LogP contribution in [0.1, 0.15) is 36.5 Å². The predicted molar refractivity (Wildman–Crippen MR) is 100 cm³/mol. The van der Waals surface area contributed by atoms with Crippen LogP contribution in [0.2, 0.25) is 0 Å². The van der Waals surface area contributed by atoms with Crippen LogP contribution in [0.3, 0.4) is 0 Å². The van der Waals surface area contributed by atoms with E-state index in [-0.39, 0.29) is 5.91 Å². The minimum Gasteiger partial charge on any atom is -0.496 e. The van der Waals surface area contributed by atoms with Crippen LogP contribution >= 0.6 is 0 Å². The number of rotatable bonds is 8. The maximum Gasteiger partial charge on any atom is 0.224 e. The van der Waals surface area contributed by atoms with Crippen LogP contribution in [0.25, 0.3) is 0 Å². The summed E-state index contributed by atoms with van der Waals surface area (Å²) >= 11 is 0. The van der Waals surface area contributed by atoms with E-state index in [2.05, 4.69) is 25.2 Å². The molecule has 4 heteroatoms. The van der Waals surface area contributed by atoms with Crippen molar-refractivity contribution in [2.45, 2.75) is 33.1 Å². The summed E-state index contributed by atoms with van der Waals surface area (Å²) in [5.41, 5.74) is 3.19. The number of nitrogens with one attached hydrogen (secondary N) is 1. The van der Waals surface area contributed by atoms with Crippen molar-refractivity contribution in [1.29, 1.82) is 0 Å². The van der Waals surface area contributed by atoms with E-state index in [1.165, 1.54) is 5.56 Å². The lowest BCUT2D eigenvalue weighted by Gasteiger charge is -2.14. The van der Waals surface area contributed by atoms with Crippen LogP contribution in [-0.4, -0.2) is 26.2 Å². The zero-order valence-electron chi connectivity index (χ0n) is 15.5. The number of ether oxygens (including phenoxy) is 2. The summed E-state index contributed by atoms with van der Waals surface area (Å²) in [7, 11) is 1.64. The van der Waals surface area contributed by atoms with Crippen molar-refractivity contribution in [3.63, 3.8) is 0 Å². The molecular formula is C21H27NO3. The molecule has 0 spiro atoms. The van der Waals surface area contributed by atoms with Crippen LogP contribution < -0.4 is 14.8 Å². The zero-order valence-corrected chi connectivity index (χ0v) is 15.5. The number of hydrogen-bond acceptors (Lipinski definition) is 3. The molecule has 25 heavy (non-hydrogen) atoms. The summed E-state index contributed by atoms with van der Waals surface area (Å²) in [4.78, 5) is 12.1. The van der Waals surface area contributed by atoms with Crippen LogP contribution in [0, 0.1) is 6.92 Å². The molecule has 0 unspecified atom stereocenters. The first-order valence-electron chi connectivity index (χ1n) is 8.63. The van der Waals surface area contributed by atoms with Gasteiger partial charge in [-0.2, -0.15) is 0 Å². The number of para-hydroxylation sites is 1. The SMILES string of the molecule is COc1ccc(CC(=O)NCCOc2ccccc2C(C)C)cc1C. The number of methoxy groups -OCH3 is 1. The van der Waals surface area contributed by atoms with Crippen molar-refractivity contribution < 1.29 is 14.3 Å². The Morgan fingerprint density at radius 1 is 1.12 bits per heavy atom. The van der Waals surface area contributed by atoms with E-state index in [0.29, 0.717) is 25.5 Å². The fourth-order valence-electron chi connectivity index (χ4n) is 2.74. The summed E-state index contributed by atoms with van der Waals surface area (Å²) in [5.74, 6) is 2.12. The van der Waals surface area contributed by atoms with Gasteiger partial charge in [0.05, 0.1) is 20.1 Å². The van der Waals surface area contributed by atoms with Gasteiger partial charge in [0.1, 0.15) is 18.1 Å². The highest BCUT2D eigenvalue weighted by atomic mass is 16.5. The topological polar surface area (TPSA) is 47.6 Å². The predicted octanol–water partition coefficient (Wildman–Crippen LogP) is 3.86. The van der Waals surface area contributed by atoms with Gasteiger partial charge < -0.3 is 14.8 Å². The van der Waals surface area contributed by atoms with E-state index in [9.17, 15) is 4.79 Å². The van der Waals surface area contributed by atoms with E-state index in [4.69, 9.17) is 9.47 Å². The molecule has 2 aromatic carbocycles. The van der Waals surface area contributed by atoms with Gasteiger partial charge in [0, 0.05) is 0 Å². The van der Waals surface area contributed by atoms with Gasteiger partial charge in [0.2, 0.25) is 5.91 Å². The maximum atomic E-state index is 12.1. The average Bonchev–Trinajstić information content (AvgIpc) is 2.59. The number of hydrogen-bond donors (Lipinski definition) is 1. The minimum absolute atomic E-state index is 0.00897. The first-order chi connectivity index (χ1) is 12.0. The molecule has 2 rings (SSSR count). The molecule has 0 atom stereocenters. The van der Waals surface area contributed by atoms with Crippen molar-refractivity contribution >= 4 is 5.91 Å². The second-order valence-electron chi connectivity index (χ2n) is 6.37. The summed E-state index contributed by atoms with van der Waals surface area (Å²) in [5, 5.41) is 2.90. The third kappa shape index (κ3) is 5.52. The average molecular weight is 341 g/mol. The van der Waals surface area contributed by atoms with Gasteiger partial charge in [-0.1, -0.05) is 44.2 Å². The number of aryl methyl sites for hydroxylation is 1. The fraction of sp³-hybridized carbons (Fsp3) is 0.381. The molecule has 0 aromatic heterocycles. The Balaban J connectivity index is 1.78. The number of amides is 1. The smallest absolute Gasteiger partial charge is 0.224 e. The summed E-state index contributed by atoms with van der Waals surface area (Å²) in [6, 6.07) is 13.8. The van der Waals surface area contributed by atoms with Gasteiger partial charge in [-0.15, -0.1) is 0 Å². The third-order valence-corrected chi connectivity index (χ3v) is 4.05. The van der Waals surface area contributed by atoms with E-state index < -0.39 is 0 Å². The first kappa shape index (κ1) is 18.8. The van der Waals surface area contributed by atoms with E-state index in [0.717, 1.165) is 22.6 Å². The lowest BCUT2D eigenvalue weighted by Crippen LogP contribution is -2.29. The molecule has 0 aliphatic carbocycles. The fourth-order valence-corrected chi connectivity index (χ4v) is 2.74. The van der Waals surface area contributed by atoms with E-state index in [1.54, 1.807) is 7.11 Å². The second kappa shape index (κ2) is 9.11. The molecule has 0 heterocycles. The zero-order chi connectivity index (χ0) is 18.2. The standard InChI is InChI=1S/C21H27NO3/c1-15(2)18-7-5-6-8-20(18)25-12-11-22-21(23)14-17-9-10-19(24-4)16(3)13-17/h5-10,13,15H,11-12,14H2,1-4H3,(H,22,23). The van der Waals surface area contributed by atoms with Crippen molar-refractivity contribution in [2.75, 3.05) is 20.3 Å². The van der Waals surface area contributed by atoms with Crippen molar-refractivity contribution in [3.05, 3.63) is 59.2 Å². The molecule has 0 saturated carbocycles. The van der Waals surface area contributed by atoms with Gasteiger partial charge in [-0.25, -0.2) is 0 Å². The summed E-state index contributed by atoms with van der Waals surface area (Å²) < 4.78 is 11.1. The maximum absolute atomic E-state index is 12.1. The molecule has 0 saturated heterocycles. The Bertz CT molecular complexity index is 710. The van der Waals surface area contributed by atoms with E-state index >= 15 is 0 Å². The summed E-state index contributed by atoms with van der Waals surface area (Å²) in [6.07, 6.45) is 0.355. The highest BCUT2D eigenvalue weighted by molar-refractivity contribution is 5.78. The monoisotopic (exact) mass is 341 g/mol. The Morgan fingerprint density at radius 2 is 1.88 bits per heavy atom. The molecule has 0 aliphatic rings. The molecule has 0 fully saturated rings. The Morgan fingerprint density at radius 3 is 2.56 bits per heavy atom. The second-order valence-corrected chi connectivity index (χ2v) is 6.37. The molecular weight excluding hydrogens is 314 g/mol. The molecule has 4 nitrogen and oxygen atoms in total. The quantitative estimate of drug-likeness (QED) is 0.742. The molecule has 1 amide bonds.